The summed E-state index contributed by atoms with van der Waals surface area (Å²) in [5, 5.41) is 0. The molecule has 0 aromatic carbocycles. The van der Waals surface area contributed by atoms with Crippen molar-refractivity contribution in [3.05, 3.63) is 47.7 Å². The lowest BCUT2D eigenvalue weighted by molar-refractivity contribution is 0.339. The highest BCUT2D eigenvalue weighted by atomic mass is 16.5. The average Bonchev–Trinajstić information content (AvgIpc) is 3.10. The molecule has 3 aromatic rings. The molecule has 0 saturated heterocycles. The van der Waals surface area contributed by atoms with Gasteiger partial charge in [0, 0.05) is 30.6 Å². The highest BCUT2D eigenvalue weighted by Crippen LogP contribution is 2.27. The summed E-state index contributed by atoms with van der Waals surface area (Å²) >= 11 is 0. The SMILES string of the molecule is CCOc1ccnc(CCc2nc3cc(CC4CCCCC4)cnc3[nH]2)c1. The van der Waals surface area contributed by atoms with Crippen molar-refractivity contribution < 1.29 is 4.74 Å². The predicted molar refractivity (Wildman–Crippen MR) is 107 cm³/mol. The van der Waals surface area contributed by atoms with Crippen LogP contribution in [0.3, 0.4) is 0 Å². The Balaban J connectivity index is 1.41. The number of fused-ring (bicyclic) bond motifs is 1. The van der Waals surface area contributed by atoms with Crippen molar-refractivity contribution >= 4 is 11.2 Å². The van der Waals surface area contributed by atoms with Crippen LogP contribution in [0.2, 0.25) is 0 Å². The van der Waals surface area contributed by atoms with Crippen molar-refractivity contribution in [1.29, 1.82) is 0 Å². The van der Waals surface area contributed by atoms with Crippen LogP contribution in [0.5, 0.6) is 5.75 Å². The second kappa shape index (κ2) is 8.51. The molecule has 27 heavy (non-hydrogen) atoms. The molecule has 1 fully saturated rings. The third kappa shape index (κ3) is 4.65. The van der Waals surface area contributed by atoms with Crippen LogP contribution in [-0.2, 0) is 19.3 Å². The molecule has 142 valence electrons. The third-order valence-corrected chi connectivity index (χ3v) is 5.41. The van der Waals surface area contributed by atoms with E-state index in [2.05, 4.69) is 21.0 Å². The first kappa shape index (κ1) is 18.0. The Morgan fingerprint density at radius 1 is 1.11 bits per heavy atom. The van der Waals surface area contributed by atoms with E-state index in [4.69, 9.17) is 9.72 Å². The van der Waals surface area contributed by atoms with Crippen LogP contribution in [0, 0.1) is 5.92 Å². The maximum atomic E-state index is 5.55. The second-order valence-corrected chi connectivity index (χ2v) is 7.52. The van der Waals surface area contributed by atoms with E-state index >= 15 is 0 Å². The molecular weight excluding hydrogens is 336 g/mol. The molecule has 0 spiro atoms. The molecule has 0 aliphatic heterocycles. The molecular formula is C22H28N4O. The highest BCUT2D eigenvalue weighted by Gasteiger charge is 2.15. The summed E-state index contributed by atoms with van der Waals surface area (Å²) in [5.74, 6) is 2.66. The van der Waals surface area contributed by atoms with Crippen LogP contribution < -0.4 is 4.74 Å². The maximum Gasteiger partial charge on any atom is 0.157 e. The maximum absolute atomic E-state index is 5.55. The van der Waals surface area contributed by atoms with E-state index in [1.807, 2.05) is 25.3 Å². The molecule has 0 bridgehead atoms. The standard InChI is InChI=1S/C22H28N4O/c1-2-27-19-10-11-23-18(14-19)8-9-21-25-20-13-17(15-24-22(20)26-21)12-16-6-4-3-5-7-16/h10-11,13-16H,2-9,12H2,1H3,(H,24,25,26). The number of aryl methyl sites for hydroxylation is 2. The number of imidazole rings is 1. The number of ether oxygens (including phenoxy) is 1. The number of aromatic amines is 1. The van der Waals surface area contributed by atoms with Crippen LogP contribution in [-0.4, -0.2) is 26.5 Å². The zero-order chi connectivity index (χ0) is 18.5. The van der Waals surface area contributed by atoms with E-state index in [-0.39, 0.29) is 0 Å². The molecule has 5 nitrogen and oxygen atoms in total. The lowest BCUT2D eigenvalue weighted by atomic mass is 9.85. The molecule has 0 radical (unpaired) electrons. The number of nitrogens with zero attached hydrogens (tertiary/aromatic N) is 3. The van der Waals surface area contributed by atoms with Crippen LogP contribution in [0.4, 0.5) is 0 Å². The van der Waals surface area contributed by atoms with Gasteiger partial charge in [0.1, 0.15) is 17.1 Å². The average molecular weight is 364 g/mol. The van der Waals surface area contributed by atoms with Gasteiger partial charge in [0.2, 0.25) is 0 Å². The third-order valence-electron chi connectivity index (χ3n) is 5.41. The Kier molecular flexibility index (Phi) is 5.66. The fourth-order valence-electron chi connectivity index (χ4n) is 4.04. The fourth-order valence-corrected chi connectivity index (χ4v) is 4.04. The van der Waals surface area contributed by atoms with Gasteiger partial charge in [-0.1, -0.05) is 32.1 Å². The van der Waals surface area contributed by atoms with E-state index in [9.17, 15) is 0 Å². The largest absolute Gasteiger partial charge is 0.494 e. The van der Waals surface area contributed by atoms with E-state index in [1.165, 1.54) is 37.7 Å². The first-order chi connectivity index (χ1) is 13.3. The van der Waals surface area contributed by atoms with Gasteiger partial charge >= 0.3 is 0 Å². The van der Waals surface area contributed by atoms with Gasteiger partial charge in [-0.2, -0.15) is 0 Å². The second-order valence-electron chi connectivity index (χ2n) is 7.52. The van der Waals surface area contributed by atoms with Crippen molar-refractivity contribution in [1.82, 2.24) is 19.9 Å². The van der Waals surface area contributed by atoms with Gasteiger partial charge in [-0.05, 0) is 43.4 Å². The molecule has 1 aliphatic carbocycles. The normalized spacial score (nSPS) is 15.3. The summed E-state index contributed by atoms with van der Waals surface area (Å²) in [6, 6.07) is 6.11. The molecule has 3 heterocycles. The first-order valence-electron chi connectivity index (χ1n) is 10.2. The van der Waals surface area contributed by atoms with Crippen molar-refractivity contribution in [2.45, 2.75) is 58.3 Å². The number of aromatic nitrogens is 4. The van der Waals surface area contributed by atoms with E-state index in [0.717, 1.165) is 53.6 Å². The van der Waals surface area contributed by atoms with Crippen LogP contribution in [0.25, 0.3) is 11.2 Å². The quantitative estimate of drug-likeness (QED) is 0.662. The monoisotopic (exact) mass is 364 g/mol. The fraction of sp³-hybridized carbons (Fsp3) is 0.500. The first-order valence-corrected chi connectivity index (χ1v) is 10.2. The van der Waals surface area contributed by atoms with Gasteiger partial charge < -0.3 is 9.72 Å². The van der Waals surface area contributed by atoms with Gasteiger partial charge in [-0.15, -0.1) is 0 Å². The van der Waals surface area contributed by atoms with Crippen molar-refractivity contribution in [2.24, 2.45) is 5.92 Å². The van der Waals surface area contributed by atoms with Crippen LogP contribution in [0.15, 0.2) is 30.6 Å². The minimum absolute atomic E-state index is 0.669. The van der Waals surface area contributed by atoms with Crippen LogP contribution in [0.1, 0.15) is 56.1 Å². The summed E-state index contributed by atoms with van der Waals surface area (Å²) in [5.41, 5.74) is 4.20. The molecule has 1 saturated carbocycles. The number of H-pyrrole nitrogens is 1. The minimum Gasteiger partial charge on any atom is -0.494 e. The van der Waals surface area contributed by atoms with Gasteiger partial charge in [0.05, 0.1) is 6.61 Å². The topological polar surface area (TPSA) is 63.7 Å². The molecule has 1 aliphatic rings. The Morgan fingerprint density at radius 3 is 2.85 bits per heavy atom. The Hall–Kier alpha value is -2.43. The summed E-state index contributed by atoms with van der Waals surface area (Å²) in [7, 11) is 0. The van der Waals surface area contributed by atoms with Crippen molar-refractivity contribution in [2.75, 3.05) is 6.61 Å². The Morgan fingerprint density at radius 2 is 2.00 bits per heavy atom. The number of nitrogens with one attached hydrogen (secondary N) is 1. The summed E-state index contributed by atoms with van der Waals surface area (Å²) in [6.45, 7) is 2.66. The lowest BCUT2D eigenvalue weighted by Crippen LogP contribution is -2.09. The number of hydrogen-bond donors (Lipinski definition) is 1. The highest BCUT2D eigenvalue weighted by molar-refractivity contribution is 5.71. The van der Waals surface area contributed by atoms with Crippen molar-refractivity contribution in [3.8, 4) is 5.75 Å². The Bertz CT molecular complexity index is 883. The zero-order valence-corrected chi connectivity index (χ0v) is 16.1. The molecule has 4 rings (SSSR count). The van der Waals surface area contributed by atoms with Gasteiger partial charge in [-0.25, -0.2) is 9.97 Å². The molecule has 0 unspecified atom stereocenters. The van der Waals surface area contributed by atoms with E-state index in [1.54, 1.807) is 6.20 Å². The molecule has 0 atom stereocenters. The molecule has 1 N–H and O–H groups in total. The Labute approximate surface area is 160 Å². The smallest absolute Gasteiger partial charge is 0.157 e. The molecule has 5 heteroatoms. The summed E-state index contributed by atoms with van der Waals surface area (Å²) in [4.78, 5) is 17.2. The lowest BCUT2D eigenvalue weighted by Gasteiger charge is -2.21. The number of hydrogen-bond acceptors (Lipinski definition) is 4. The van der Waals surface area contributed by atoms with E-state index in [0.29, 0.717) is 6.61 Å². The number of pyridine rings is 2. The van der Waals surface area contributed by atoms with Crippen molar-refractivity contribution in [3.63, 3.8) is 0 Å². The molecule has 0 amide bonds. The van der Waals surface area contributed by atoms with E-state index < -0.39 is 0 Å². The van der Waals surface area contributed by atoms with Crippen LogP contribution >= 0.6 is 0 Å². The van der Waals surface area contributed by atoms with Gasteiger partial charge in [-0.3, -0.25) is 4.98 Å². The predicted octanol–water partition coefficient (Wildman–Crippen LogP) is 4.66. The summed E-state index contributed by atoms with van der Waals surface area (Å²) in [6.07, 6.45) is 13.5. The van der Waals surface area contributed by atoms with Gasteiger partial charge in [0.15, 0.2) is 5.65 Å². The minimum atomic E-state index is 0.669. The zero-order valence-electron chi connectivity index (χ0n) is 16.1. The summed E-state index contributed by atoms with van der Waals surface area (Å²) < 4.78 is 5.55. The van der Waals surface area contributed by atoms with Gasteiger partial charge in [0.25, 0.3) is 0 Å². The number of rotatable bonds is 7. The molecule has 3 aromatic heterocycles.